The van der Waals surface area contributed by atoms with Gasteiger partial charge in [-0.15, -0.1) is 0 Å². The maximum atomic E-state index is 11.6. The van der Waals surface area contributed by atoms with E-state index in [-0.39, 0.29) is 11.7 Å². The van der Waals surface area contributed by atoms with Gasteiger partial charge < -0.3 is 10.3 Å². The highest BCUT2D eigenvalue weighted by molar-refractivity contribution is 6.30. The fraction of sp³-hybridized carbons (Fsp3) is 0.250. The highest BCUT2D eigenvalue weighted by Gasteiger charge is 2.15. The van der Waals surface area contributed by atoms with Gasteiger partial charge in [0.1, 0.15) is 0 Å². The number of hydrogen-bond donors (Lipinski definition) is 1. The molecular formula is C12H12ClN3O2. The third kappa shape index (κ3) is 2.94. The summed E-state index contributed by atoms with van der Waals surface area (Å²) in [5.41, 5.74) is 6.08. The van der Waals surface area contributed by atoms with Gasteiger partial charge in [-0.2, -0.15) is 4.98 Å². The monoisotopic (exact) mass is 265 g/mol. The second-order valence-corrected chi connectivity index (χ2v) is 4.18. The zero-order valence-corrected chi connectivity index (χ0v) is 10.4. The number of carbonyl (C=O) groups is 1. The lowest BCUT2D eigenvalue weighted by atomic mass is 10.2. The molecule has 94 valence electrons. The topological polar surface area (TPSA) is 82.0 Å². The Morgan fingerprint density at radius 3 is 2.72 bits per heavy atom. The van der Waals surface area contributed by atoms with Crippen LogP contribution in [0.5, 0.6) is 0 Å². The third-order valence-electron chi connectivity index (χ3n) is 2.37. The van der Waals surface area contributed by atoms with Crippen molar-refractivity contribution < 1.29 is 9.32 Å². The molecule has 0 radical (unpaired) electrons. The van der Waals surface area contributed by atoms with Crippen molar-refractivity contribution >= 4 is 17.4 Å². The molecule has 0 aliphatic carbocycles. The second-order valence-electron chi connectivity index (χ2n) is 3.75. The minimum atomic E-state index is -0.187. The maximum absolute atomic E-state index is 11.6. The van der Waals surface area contributed by atoms with Crippen molar-refractivity contribution in [2.75, 3.05) is 6.54 Å². The molecule has 0 bridgehead atoms. The lowest BCUT2D eigenvalue weighted by Crippen LogP contribution is -2.05. The van der Waals surface area contributed by atoms with E-state index in [4.69, 9.17) is 21.9 Å². The van der Waals surface area contributed by atoms with Crippen molar-refractivity contribution in [3.63, 3.8) is 0 Å². The van der Waals surface area contributed by atoms with Crippen LogP contribution in [0.4, 0.5) is 0 Å². The van der Waals surface area contributed by atoms with Crippen LogP contribution in [0.15, 0.2) is 28.8 Å². The molecule has 0 saturated heterocycles. The van der Waals surface area contributed by atoms with Gasteiger partial charge in [-0.25, -0.2) is 0 Å². The van der Waals surface area contributed by atoms with Crippen LogP contribution in [-0.2, 0) is 0 Å². The number of halogens is 1. The third-order valence-corrected chi connectivity index (χ3v) is 2.63. The standard InChI is InChI=1S/C12H12ClN3O2/c13-9-5-3-8(4-6-9)11-15-12(18-16-11)10(17)2-1-7-14/h3-6H,1-2,7,14H2. The minimum Gasteiger partial charge on any atom is -0.330 e. The first-order valence-electron chi connectivity index (χ1n) is 5.53. The summed E-state index contributed by atoms with van der Waals surface area (Å²) in [6.45, 7) is 0.462. The molecule has 1 aromatic heterocycles. The summed E-state index contributed by atoms with van der Waals surface area (Å²) in [6, 6.07) is 6.98. The Morgan fingerprint density at radius 2 is 2.06 bits per heavy atom. The molecule has 1 aromatic carbocycles. The van der Waals surface area contributed by atoms with Gasteiger partial charge in [0.05, 0.1) is 0 Å². The molecule has 18 heavy (non-hydrogen) atoms. The van der Waals surface area contributed by atoms with Gasteiger partial charge >= 0.3 is 0 Å². The smallest absolute Gasteiger partial charge is 0.294 e. The van der Waals surface area contributed by atoms with Crippen LogP contribution in [0.2, 0.25) is 5.02 Å². The number of nitrogens with two attached hydrogens (primary N) is 1. The van der Waals surface area contributed by atoms with Gasteiger partial charge in [0.25, 0.3) is 5.89 Å². The molecule has 2 rings (SSSR count). The van der Waals surface area contributed by atoms with E-state index >= 15 is 0 Å². The molecule has 0 aliphatic rings. The molecule has 5 nitrogen and oxygen atoms in total. The Morgan fingerprint density at radius 1 is 1.33 bits per heavy atom. The Balaban J connectivity index is 2.15. The van der Waals surface area contributed by atoms with Crippen LogP contribution in [0, 0.1) is 0 Å². The number of benzene rings is 1. The van der Waals surface area contributed by atoms with E-state index in [0.29, 0.717) is 30.2 Å². The van der Waals surface area contributed by atoms with Gasteiger partial charge in [0.15, 0.2) is 0 Å². The molecule has 0 fully saturated rings. The summed E-state index contributed by atoms with van der Waals surface area (Å²) in [5.74, 6) is 0.212. The average molecular weight is 266 g/mol. The highest BCUT2D eigenvalue weighted by atomic mass is 35.5. The number of ketones is 1. The van der Waals surface area contributed by atoms with Gasteiger partial charge in [-0.05, 0) is 37.2 Å². The maximum Gasteiger partial charge on any atom is 0.294 e. The zero-order valence-electron chi connectivity index (χ0n) is 9.60. The Bertz CT molecular complexity index is 537. The number of hydrogen-bond acceptors (Lipinski definition) is 5. The van der Waals surface area contributed by atoms with Crippen molar-refractivity contribution in [1.82, 2.24) is 10.1 Å². The Labute approximate surface area is 109 Å². The molecule has 6 heteroatoms. The van der Waals surface area contributed by atoms with Gasteiger partial charge in [-0.1, -0.05) is 16.8 Å². The van der Waals surface area contributed by atoms with Crippen LogP contribution in [-0.4, -0.2) is 22.5 Å². The van der Waals surface area contributed by atoms with Gasteiger partial charge in [0, 0.05) is 17.0 Å². The average Bonchev–Trinajstić information content (AvgIpc) is 2.86. The molecule has 0 atom stereocenters. The SMILES string of the molecule is NCCCC(=O)c1nc(-c2ccc(Cl)cc2)no1. The molecular weight excluding hydrogens is 254 g/mol. The lowest BCUT2D eigenvalue weighted by Gasteiger charge is -1.93. The fourth-order valence-electron chi connectivity index (χ4n) is 1.42. The summed E-state index contributed by atoms with van der Waals surface area (Å²) in [6.07, 6.45) is 0.927. The number of carbonyl (C=O) groups excluding carboxylic acids is 1. The molecule has 1 heterocycles. The van der Waals surface area contributed by atoms with Crippen molar-refractivity contribution in [2.24, 2.45) is 5.73 Å². The van der Waals surface area contributed by atoms with Gasteiger partial charge in [0.2, 0.25) is 11.6 Å². The van der Waals surface area contributed by atoms with Gasteiger partial charge in [-0.3, -0.25) is 4.79 Å². The Hall–Kier alpha value is -1.72. The summed E-state index contributed by atoms with van der Waals surface area (Å²) in [5, 5.41) is 4.39. The first-order valence-corrected chi connectivity index (χ1v) is 5.91. The van der Waals surface area contributed by atoms with E-state index in [1.165, 1.54) is 0 Å². The predicted molar refractivity (Wildman–Crippen MR) is 67.4 cm³/mol. The van der Waals surface area contributed by atoms with E-state index in [9.17, 15) is 4.79 Å². The summed E-state index contributed by atoms with van der Waals surface area (Å²) < 4.78 is 4.92. The van der Waals surface area contributed by atoms with Crippen molar-refractivity contribution in [3.05, 3.63) is 35.2 Å². The highest BCUT2D eigenvalue weighted by Crippen LogP contribution is 2.19. The number of Topliss-reactive ketones (excluding diaryl/α,β-unsaturated/α-hetero) is 1. The summed E-state index contributed by atoms with van der Waals surface area (Å²) in [7, 11) is 0. The van der Waals surface area contributed by atoms with Crippen molar-refractivity contribution in [3.8, 4) is 11.4 Å². The summed E-state index contributed by atoms with van der Waals surface area (Å²) in [4.78, 5) is 15.7. The van der Waals surface area contributed by atoms with E-state index < -0.39 is 0 Å². The molecule has 2 aromatic rings. The molecule has 0 spiro atoms. The molecule has 0 unspecified atom stereocenters. The van der Waals surface area contributed by atoms with E-state index in [1.54, 1.807) is 24.3 Å². The molecule has 0 amide bonds. The van der Waals surface area contributed by atoms with E-state index in [1.807, 2.05) is 0 Å². The summed E-state index contributed by atoms with van der Waals surface area (Å²) >= 11 is 5.78. The minimum absolute atomic E-state index is 0.0217. The van der Waals surface area contributed by atoms with Crippen molar-refractivity contribution in [2.45, 2.75) is 12.8 Å². The molecule has 2 N–H and O–H groups in total. The van der Waals surface area contributed by atoms with Crippen LogP contribution >= 0.6 is 11.6 Å². The quantitative estimate of drug-likeness (QED) is 0.839. The second kappa shape index (κ2) is 5.75. The largest absolute Gasteiger partial charge is 0.330 e. The van der Waals surface area contributed by atoms with E-state index in [0.717, 1.165) is 5.56 Å². The first-order chi connectivity index (χ1) is 8.70. The van der Waals surface area contributed by atoms with E-state index in [2.05, 4.69) is 10.1 Å². The number of nitrogens with zero attached hydrogens (tertiary/aromatic N) is 2. The van der Waals surface area contributed by atoms with Crippen LogP contribution in [0.25, 0.3) is 11.4 Å². The predicted octanol–water partition coefficient (Wildman–Crippen LogP) is 2.31. The van der Waals surface area contributed by atoms with Crippen LogP contribution in [0.3, 0.4) is 0 Å². The lowest BCUT2D eigenvalue weighted by molar-refractivity contribution is 0.0938. The Kier molecular flexibility index (Phi) is 4.07. The fourth-order valence-corrected chi connectivity index (χ4v) is 1.55. The zero-order chi connectivity index (χ0) is 13.0. The number of aromatic nitrogens is 2. The van der Waals surface area contributed by atoms with Crippen LogP contribution in [0.1, 0.15) is 23.5 Å². The molecule has 0 aliphatic heterocycles. The van der Waals surface area contributed by atoms with Crippen molar-refractivity contribution in [1.29, 1.82) is 0 Å². The number of rotatable bonds is 5. The normalized spacial score (nSPS) is 10.6. The molecule has 0 saturated carbocycles. The first kappa shape index (κ1) is 12.7. The van der Waals surface area contributed by atoms with Crippen LogP contribution < -0.4 is 5.73 Å².